The van der Waals surface area contributed by atoms with Gasteiger partial charge in [-0.1, -0.05) is 142 Å². The summed E-state index contributed by atoms with van der Waals surface area (Å²) in [6.45, 7) is 2.48. The molecule has 19 nitrogen and oxygen atoms in total. The number of hydrogen-bond acceptors (Lipinski definition) is 16. The lowest BCUT2D eigenvalue weighted by Crippen LogP contribution is -2.64. The van der Waals surface area contributed by atoms with Gasteiger partial charge in [0, 0.05) is 12.8 Å². The second-order valence-corrected chi connectivity index (χ2v) is 19.2. The summed E-state index contributed by atoms with van der Waals surface area (Å²) in [7, 11) is -10.8. The van der Waals surface area contributed by atoms with Gasteiger partial charge < -0.3 is 59.9 Å². The van der Waals surface area contributed by atoms with Gasteiger partial charge in [0.05, 0.1) is 24.9 Å². The zero-order valence-electron chi connectivity index (χ0n) is 41.4. The molecular weight excluding hydrogens is 978 g/mol. The number of carbonyl (C=O) groups excluding carboxylic acids is 2. The smallest absolute Gasteiger partial charge is 0.462 e. The second kappa shape index (κ2) is 39.7. The molecule has 1 aliphatic rings. The monoisotopic (exact) mass is 1060 g/mol. The molecule has 1 saturated carbocycles. The Labute approximate surface area is 424 Å². The average molecular weight is 1060 g/mol. The molecule has 0 heterocycles. The van der Waals surface area contributed by atoms with Crippen LogP contribution in [-0.2, 0) is 41.8 Å². The number of unbranched alkanes of at least 4 members (excludes halogenated alkanes) is 3. The molecule has 5 unspecified atom stereocenters. The van der Waals surface area contributed by atoms with Gasteiger partial charge >= 0.3 is 27.6 Å². The molecule has 1 rings (SSSR count). The fourth-order valence-electron chi connectivity index (χ4n) is 6.51. The van der Waals surface area contributed by atoms with Crippen molar-refractivity contribution >= 4 is 27.6 Å². The van der Waals surface area contributed by atoms with E-state index in [1.54, 1.807) is 36.5 Å². The topological polar surface area (TPSA) is 317 Å². The molecule has 1 aliphatic carbocycles. The third-order valence-corrected chi connectivity index (χ3v) is 11.9. The van der Waals surface area contributed by atoms with E-state index in [1.807, 2.05) is 19.1 Å². The highest BCUT2D eigenvalue weighted by molar-refractivity contribution is 7.47. The molecule has 408 valence electrons. The van der Waals surface area contributed by atoms with Crippen molar-refractivity contribution in [1.82, 2.24) is 0 Å². The lowest BCUT2D eigenvalue weighted by molar-refractivity contribution is -0.216. The second-order valence-electron chi connectivity index (χ2n) is 16.6. The lowest BCUT2D eigenvalue weighted by Gasteiger charge is -2.43. The molecule has 0 amide bonds. The molecule has 0 aromatic carbocycles. The van der Waals surface area contributed by atoms with Crippen molar-refractivity contribution in [1.29, 1.82) is 0 Å². The molecule has 10 N–H and O–H groups in total. The SMILES string of the molecule is CC/C=C\C/C=C\C/C=C\C/C=C\C/C=C\CCCCCC(=O)OC[C@H](COP(=O)(O)O[C@H]1C(O)C(O)C(O)[C@@H](OP(=O)(O)O)C1O)OC(=O)CCC[C@@H](O)[C@H](O)\C=C/C=C\C=C\C=C\[C@@H](O)C/C=C\CC. The number of esters is 2. The first-order valence-electron chi connectivity index (χ1n) is 24.4. The van der Waals surface area contributed by atoms with Crippen molar-refractivity contribution in [3.63, 3.8) is 0 Å². The summed E-state index contributed by atoms with van der Waals surface area (Å²) in [5.74, 6) is -1.59. The molecule has 11 atom stereocenters. The third-order valence-electron chi connectivity index (χ3n) is 10.4. The number of ether oxygens (including phenoxy) is 2. The molecule has 0 aromatic heterocycles. The summed E-state index contributed by atoms with van der Waals surface area (Å²) in [5.41, 5.74) is 0. The van der Waals surface area contributed by atoms with Crippen LogP contribution in [-0.4, -0.2) is 137 Å². The van der Waals surface area contributed by atoms with Crippen LogP contribution in [0.4, 0.5) is 0 Å². The first-order chi connectivity index (χ1) is 34.3. The van der Waals surface area contributed by atoms with Crippen LogP contribution in [0.3, 0.4) is 0 Å². The average Bonchev–Trinajstić information content (AvgIpc) is 3.33. The van der Waals surface area contributed by atoms with E-state index < -0.39 is 102 Å². The number of aliphatic hydroxyl groups is 7. The van der Waals surface area contributed by atoms with Gasteiger partial charge in [-0.2, -0.15) is 0 Å². The number of allylic oxidation sites excluding steroid dienone is 17. The van der Waals surface area contributed by atoms with Crippen molar-refractivity contribution in [2.45, 2.75) is 171 Å². The number of hydrogen-bond donors (Lipinski definition) is 10. The minimum absolute atomic E-state index is 0.000783. The van der Waals surface area contributed by atoms with Gasteiger partial charge in [0.25, 0.3) is 0 Å². The van der Waals surface area contributed by atoms with Crippen molar-refractivity contribution in [2.24, 2.45) is 0 Å². The zero-order valence-corrected chi connectivity index (χ0v) is 43.2. The van der Waals surface area contributed by atoms with E-state index in [9.17, 15) is 69.1 Å². The number of aliphatic hydroxyl groups excluding tert-OH is 7. The first kappa shape index (κ1) is 66.3. The maximum absolute atomic E-state index is 13.0. The summed E-state index contributed by atoms with van der Waals surface area (Å²) >= 11 is 0. The molecular formula is C51H80O19P2. The molecule has 1 fully saturated rings. The van der Waals surface area contributed by atoms with Gasteiger partial charge in [0.2, 0.25) is 0 Å². The molecule has 0 bridgehead atoms. The minimum atomic E-state index is -5.43. The number of rotatable bonds is 38. The first-order valence-corrected chi connectivity index (χ1v) is 27.4. The maximum Gasteiger partial charge on any atom is 0.472 e. The third kappa shape index (κ3) is 33.2. The van der Waals surface area contributed by atoms with Crippen LogP contribution in [0.25, 0.3) is 0 Å². The maximum atomic E-state index is 13.0. The lowest BCUT2D eigenvalue weighted by atomic mass is 9.85. The molecule has 21 heteroatoms. The Hall–Kier alpha value is -3.72. The molecule has 0 radical (unpaired) electrons. The van der Waals surface area contributed by atoms with Crippen molar-refractivity contribution in [3.8, 4) is 0 Å². The van der Waals surface area contributed by atoms with E-state index in [1.165, 1.54) is 12.2 Å². The number of carbonyl (C=O) groups is 2. The fraction of sp³-hybridized carbons (Fsp3) is 0.569. The summed E-state index contributed by atoms with van der Waals surface area (Å²) in [5, 5.41) is 71.9. The van der Waals surface area contributed by atoms with Gasteiger partial charge in [0.15, 0.2) is 6.10 Å². The normalized spacial score (nSPS) is 23.1. The molecule has 0 saturated heterocycles. The van der Waals surface area contributed by atoms with Crippen LogP contribution in [0.1, 0.15) is 110 Å². The molecule has 0 aromatic rings. The van der Waals surface area contributed by atoms with Gasteiger partial charge in [-0.05, 0) is 77.0 Å². The highest BCUT2D eigenvalue weighted by Gasteiger charge is 2.54. The van der Waals surface area contributed by atoms with Crippen LogP contribution in [0.5, 0.6) is 0 Å². The highest BCUT2D eigenvalue weighted by atomic mass is 31.2. The Kier molecular flexibility index (Phi) is 36.6. The largest absolute Gasteiger partial charge is 0.472 e. The molecule has 0 aliphatic heterocycles. The fourth-order valence-corrected chi connectivity index (χ4v) is 8.05. The van der Waals surface area contributed by atoms with E-state index in [2.05, 4.69) is 72.2 Å². The Balaban J connectivity index is 2.75. The molecule has 72 heavy (non-hydrogen) atoms. The van der Waals surface area contributed by atoms with Gasteiger partial charge in [-0.3, -0.25) is 23.2 Å². The highest BCUT2D eigenvalue weighted by Crippen LogP contribution is 2.49. The predicted octanol–water partition coefficient (Wildman–Crippen LogP) is 6.41. The van der Waals surface area contributed by atoms with E-state index in [4.69, 9.17) is 18.5 Å². The Morgan fingerprint density at radius 3 is 1.65 bits per heavy atom. The van der Waals surface area contributed by atoms with Crippen molar-refractivity contribution in [3.05, 3.63) is 122 Å². The number of phosphoric acid groups is 2. The minimum Gasteiger partial charge on any atom is -0.462 e. The summed E-state index contributed by atoms with van der Waals surface area (Å²) < 4.78 is 49.1. The van der Waals surface area contributed by atoms with Gasteiger partial charge in [-0.15, -0.1) is 0 Å². The summed E-state index contributed by atoms with van der Waals surface area (Å²) in [6.07, 6.45) is 27.8. The van der Waals surface area contributed by atoms with E-state index in [0.717, 1.165) is 51.4 Å². The van der Waals surface area contributed by atoms with E-state index in [-0.39, 0.29) is 25.7 Å². The van der Waals surface area contributed by atoms with Gasteiger partial charge in [-0.25, -0.2) is 9.13 Å². The van der Waals surface area contributed by atoms with Gasteiger partial charge in [0.1, 0.15) is 43.2 Å². The van der Waals surface area contributed by atoms with Crippen molar-refractivity contribution < 1.29 is 92.2 Å². The Bertz CT molecular complexity index is 1900. The summed E-state index contributed by atoms with van der Waals surface area (Å²) in [6, 6.07) is 0. The van der Waals surface area contributed by atoms with E-state index in [0.29, 0.717) is 19.3 Å². The quantitative estimate of drug-likeness (QED) is 0.0105. The Morgan fingerprint density at radius 1 is 0.556 bits per heavy atom. The van der Waals surface area contributed by atoms with Crippen molar-refractivity contribution in [2.75, 3.05) is 13.2 Å². The summed E-state index contributed by atoms with van der Waals surface area (Å²) in [4.78, 5) is 54.4. The Morgan fingerprint density at radius 2 is 1.07 bits per heavy atom. The van der Waals surface area contributed by atoms with Crippen LogP contribution in [0.2, 0.25) is 0 Å². The van der Waals surface area contributed by atoms with Crippen LogP contribution >= 0.6 is 15.6 Å². The zero-order chi connectivity index (χ0) is 53.6. The van der Waals surface area contributed by atoms with E-state index >= 15 is 0 Å². The van der Waals surface area contributed by atoms with Crippen LogP contribution in [0, 0.1) is 0 Å². The standard InChI is InChI=1S/C51H80O19P2/c1-3-5-7-8-9-10-11-12-13-14-15-16-17-18-19-20-21-26-30-36-44(55)66-38-41(39-67-72(64,65)70-51-48(59)46(57)47(58)50(49(51)60)69-71(61,62)63)68-45(56)37-31-35-43(54)42(53)34-29-25-23-22-24-28-33-40(52)32-27-6-4-2/h5-7,9-10,12-13,15-16,18-19,22-25,27-29,33-34,40-43,46-54,57-60H,3-4,8,11,14,17,20-21,26,30-32,35-39H2,1-2H3,(H,64,65)(H2,61,62,63)/b7-5-,10-9-,13-12-,16-15-,19-18-,24-22+,25-23-,27-6-,33-28+,34-29-/t40-,41+,42+,43+,46?,47?,48?,49?,50+,51-/m0/s1. The molecule has 0 spiro atoms. The van der Waals surface area contributed by atoms with Crippen LogP contribution in [0.15, 0.2) is 122 Å². The number of phosphoric ester groups is 2. The predicted molar refractivity (Wildman–Crippen MR) is 272 cm³/mol. The van der Waals surface area contributed by atoms with Crippen LogP contribution < -0.4 is 0 Å².